The van der Waals surface area contributed by atoms with Crippen LogP contribution in [0, 0.1) is 0 Å². The molecule has 3 atom stereocenters. The number of ether oxygens (including phenoxy) is 1. The number of allylic oxidation sites excluding steroid dienone is 8. The van der Waals surface area contributed by atoms with Gasteiger partial charge in [-0.1, -0.05) is 84.4 Å². The molecule has 3 aliphatic rings. The number of carbonyl (C=O) groups is 4. The predicted molar refractivity (Wildman–Crippen MR) is 171 cm³/mol. The van der Waals surface area contributed by atoms with Crippen LogP contribution in [0.1, 0.15) is 48.9 Å². The van der Waals surface area contributed by atoms with Crippen molar-refractivity contribution in [3.8, 4) is 0 Å². The fraction of sp³-hybridized carbons (Fsp3) is 0.314. The van der Waals surface area contributed by atoms with Crippen LogP contribution in [0.15, 0.2) is 102 Å². The number of halogens is 4. The number of likely N-dealkylation sites (tertiary alicyclic amines) is 1. The third-order valence-electron chi connectivity index (χ3n) is 7.70. The zero-order chi connectivity index (χ0) is 34.0. The molecule has 12 heteroatoms. The highest BCUT2D eigenvalue weighted by molar-refractivity contribution is 6.29. The minimum atomic E-state index is -4.51. The Morgan fingerprint density at radius 3 is 2.55 bits per heavy atom. The van der Waals surface area contributed by atoms with Gasteiger partial charge in [0.05, 0.1) is 18.2 Å². The molecule has 8 nitrogen and oxygen atoms in total. The number of amides is 3. The molecule has 248 valence electrons. The summed E-state index contributed by atoms with van der Waals surface area (Å²) < 4.78 is 44.1. The third kappa shape index (κ3) is 9.45. The van der Waals surface area contributed by atoms with Crippen molar-refractivity contribution in [2.45, 2.75) is 57.0 Å². The number of aldehydes is 1. The lowest BCUT2D eigenvalue weighted by atomic mass is 9.96. The van der Waals surface area contributed by atoms with E-state index in [1.165, 1.54) is 21.9 Å². The van der Waals surface area contributed by atoms with E-state index in [2.05, 4.69) is 29.6 Å². The molecule has 2 aliphatic heterocycles. The molecule has 2 heterocycles. The van der Waals surface area contributed by atoms with Gasteiger partial charge in [0.1, 0.15) is 25.0 Å². The molecule has 2 saturated heterocycles. The van der Waals surface area contributed by atoms with Gasteiger partial charge < -0.3 is 19.7 Å². The first-order valence-corrected chi connectivity index (χ1v) is 15.4. The lowest BCUT2D eigenvalue weighted by Crippen LogP contribution is -2.69. The summed E-state index contributed by atoms with van der Waals surface area (Å²) in [5.41, 5.74) is 1.38. The summed E-state index contributed by atoms with van der Waals surface area (Å²) in [6.45, 7) is 1.86. The molecule has 1 N–H and O–H groups in total. The molecule has 2 aromatic rings. The van der Waals surface area contributed by atoms with Crippen LogP contribution in [-0.2, 0) is 31.8 Å². The Labute approximate surface area is 276 Å². The third-order valence-corrected chi connectivity index (χ3v) is 7.81. The molecule has 2 fully saturated rings. The van der Waals surface area contributed by atoms with Gasteiger partial charge in [0, 0.05) is 18.0 Å². The monoisotopic (exact) mass is 669 g/mol. The van der Waals surface area contributed by atoms with E-state index in [0.29, 0.717) is 6.29 Å². The topological polar surface area (TPSA) is 96.0 Å². The molecule has 0 saturated carbocycles. The zero-order valence-corrected chi connectivity index (χ0v) is 26.4. The summed E-state index contributed by atoms with van der Waals surface area (Å²) in [6.07, 6.45) is 8.90. The average Bonchev–Trinajstić information content (AvgIpc) is 3.23. The van der Waals surface area contributed by atoms with Crippen molar-refractivity contribution in [1.29, 1.82) is 0 Å². The Hall–Kier alpha value is -4.64. The predicted octanol–water partition coefficient (Wildman–Crippen LogP) is 6.65. The first kappa shape index (κ1) is 35.2. The smallest absolute Gasteiger partial charge is 0.416 e. The number of carbonyl (C=O) groups excluding carboxylic acids is 4. The van der Waals surface area contributed by atoms with Crippen LogP contribution >= 0.6 is 11.6 Å². The van der Waals surface area contributed by atoms with Gasteiger partial charge in [-0.15, -0.1) is 0 Å². The lowest BCUT2D eigenvalue weighted by molar-refractivity contribution is -0.157. The number of hydrogen-bond acceptors (Lipinski definition) is 5. The fourth-order valence-corrected chi connectivity index (χ4v) is 5.50. The highest BCUT2D eigenvalue weighted by Gasteiger charge is 2.52. The van der Waals surface area contributed by atoms with Gasteiger partial charge in [-0.2, -0.15) is 13.2 Å². The maximum Gasteiger partial charge on any atom is 0.416 e. The quantitative estimate of drug-likeness (QED) is 0.226. The van der Waals surface area contributed by atoms with E-state index in [4.69, 9.17) is 16.3 Å². The second-order valence-corrected chi connectivity index (χ2v) is 11.7. The number of nitrogens with zero attached hydrogens (tertiary/aromatic N) is 2. The van der Waals surface area contributed by atoms with E-state index in [0.717, 1.165) is 34.7 Å². The van der Waals surface area contributed by atoms with Gasteiger partial charge in [-0.3, -0.25) is 14.5 Å². The van der Waals surface area contributed by atoms with Crippen LogP contribution in [-0.4, -0.2) is 59.2 Å². The molecule has 5 rings (SSSR count). The summed E-state index contributed by atoms with van der Waals surface area (Å²) >= 11 is 5.73. The molecule has 0 bridgehead atoms. The molecule has 0 radical (unpaired) electrons. The molecule has 0 aromatic heterocycles. The van der Waals surface area contributed by atoms with Gasteiger partial charge >= 0.3 is 12.3 Å². The van der Waals surface area contributed by atoms with E-state index in [1.54, 1.807) is 0 Å². The molecule has 2 aromatic carbocycles. The van der Waals surface area contributed by atoms with Crippen molar-refractivity contribution in [3.63, 3.8) is 0 Å². The van der Waals surface area contributed by atoms with Crippen molar-refractivity contribution in [2.24, 2.45) is 0 Å². The van der Waals surface area contributed by atoms with Crippen LogP contribution in [0.3, 0.4) is 0 Å². The zero-order valence-electron chi connectivity index (χ0n) is 25.7. The second kappa shape index (κ2) is 16.3. The molecule has 1 aliphatic carbocycles. The molecule has 47 heavy (non-hydrogen) atoms. The van der Waals surface area contributed by atoms with Crippen molar-refractivity contribution in [2.75, 3.05) is 13.2 Å². The van der Waals surface area contributed by atoms with E-state index < -0.39 is 47.8 Å². The molecule has 3 amide bonds. The van der Waals surface area contributed by atoms with E-state index >= 15 is 0 Å². The van der Waals surface area contributed by atoms with Gasteiger partial charge in [0.15, 0.2) is 0 Å². The van der Waals surface area contributed by atoms with Crippen LogP contribution in [0.25, 0.3) is 0 Å². The summed E-state index contributed by atoms with van der Waals surface area (Å²) in [4.78, 5) is 52.0. The fourth-order valence-electron chi connectivity index (χ4n) is 5.37. The van der Waals surface area contributed by atoms with Crippen LogP contribution < -0.4 is 5.32 Å². The summed E-state index contributed by atoms with van der Waals surface area (Å²) in [5.74, 6) is -1.05. The normalized spacial score (nSPS) is 19.9. The number of nitrogens with one attached hydrogen (secondary N) is 1. The Morgan fingerprint density at radius 1 is 1.11 bits per heavy atom. The number of hydrogen-bond donors (Lipinski definition) is 1. The first-order valence-electron chi connectivity index (χ1n) is 15.0. The number of β-lactam (4-membered cyclic amide) rings is 1. The largest absolute Gasteiger partial charge is 0.447 e. The van der Waals surface area contributed by atoms with Crippen LogP contribution in [0.4, 0.5) is 18.0 Å². The molecular weight excluding hydrogens is 635 g/mol. The summed E-state index contributed by atoms with van der Waals surface area (Å²) in [5, 5.41) is 3.38. The molecular formula is C35H35ClF3N3O5. The maximum absolute atomic E-state index is 13.1. The van der Waals surface area contributed by atoms with Gasteiger partial charge in [-0.25, -0.2) is 4.79 Å². The SMILES string of the molecule is C/C(Cl)=C/C1=CC=CCC=C1.O=CCC[C@@H](C(=O)NCc1cccc(C(F)(F)F)c1)N1C[C@H](N2C(=O)OCC2c2ccccc2)C1=O. The van der Waals surface area contributed by atoms with Crippen molar-refractivity contribution < 1.29 is 37.1 Å². The lowest BCUT2D eigenvalue weighted by Gasteiger charge is -2.46. The summed E-state index contributed by atoms with van der Waals surface area (Å²) in [6, 6.07) is 11.4. The number of alkyl halides is 3. The van der Waals surface area contributed by atoms with Gasteiger partial charge in [-0.05, 0) is 54.7 Å². The Bertz CT molecular complexity index is 1570. The van der Waals surface area contributed by atoms with E-state index in [1.807, 2.05) is 49.4 Å². The second-order valence-electron chi connectivity index (χ2n) is 11.1. The minimum absolute atomic E-state index is 0.00842. The highest BCUT2D eigenvalue weighted by Crippen LogP contribution is 2.34. The van der Waals surface area contributed by atoms with E-state index in [-0.39, 0.29) is 38.1 Å². The first-order chi connectivity index (χ1) is 22.5. The Kier molecular flexibility index (Phi) is 12.2. The van der Waals surface area contributed by atoms with Crippen LogP contribution in [0.5, 0.6) is 0 Å². The molecule has 0 spiro atoms. The average molecular weight is 670 g/mol. The van der Waals surface area contributed by atoms with Crippen molar-refractivity contribution in [1.82, 2.24) is 15.1 Å². The maximum atomic E-state index is 13.1. The minimum Gasteiger partial charge on any atom is -0.447 e. The van der Waals surface area contributed by atoms with E-state index in [9.17, 15) is 32.3 Å². The number of benzene rings is 2. The van der Waals surface area contributed by atoms with Crippen LogP contribution in [0.2, 0.25) is 0 Å². The van der Waals surface area contributed by atoms with Gasteiger partial charge in [0.25, 0.3) is 0 Å². The van der Waals surface area contributed by atoms with Crippen molar-refractivity contribution >= 4 is 35.8 Å². The molecule has 1 unspecified atom stereocenters. The number of cyclic esters (lactones) is 1. The Morgan fingerprint density at radius 2 is 1.87 bits per heavy atom. The Balaban J connectivity index is 0.000000385. The standard InChI is InChI=1S/C25H24F3N3O5.C10H11Cl/c26-25(27,28)18-9-4-6-16(12-18)13-29-22(33)19(10-5-11-32)30-14-20(23(30)34)31-21(15-36-24(31)35)17-7-2-1-3-8-17;1-9(11)8-10-6-4-2-3-5-7-10/h1-4,6-9,11-12,19-21H,5,10,13-15H2,(H,29,33);2,4-8H,3H2,1H3/b;9-8-/t19-,20-,21?;/m0./s1. The van der Waals surface area contributed by atoms with Gasteiger partial charge in [0.2, 0.25) is 11.8 Å². The van der Waals surface area contributed by atoms with Crippen molar-refractivity contribution in [3.05, 3.63) is 118 Å². The number of rotatable bonds is 10. The highest BCUT2D eigenvalue weighted by atomic mass is 35.5. The summed E-state index contributed by atoms with van der Waals surface area (Å²) in [7, 11) is 0.